The van der Waals surface area contributed by atoms with Crippen LogP contribution in [0.25, 0.3) is 0 Å². The summed E-state index contributed by atoms with van der Waals surface area (Å²) in [6.07, 6.45) is 0. The highest BCUT2D eigenvalue weighted by Gasteiger charge is 2.05. The van der Waals surface area contributed by atoms with Crippen molar-refractivity contribution in [3.8, 4) is 0 Å². The fraction of sp³-hybridized carbons (Fsp3) is 0.188. The Morgan fingerprint density at radius 3 is 2.67 bits per heavy atom. The maximum Gasteiger partial charge on any atom is 0.170 e. The van der Waals surface area contributed by atoms with Crippen LogP contribution >= 0.6 is 11.6 Å². The van der Waals surface area contributed by atoms with Crippen molar-refractivity contribution in [2.24, 2.45) is 10.9 Å². The molecule has 0 atom stereocenters. The van der Waals surface area contributed by atoms with Gasteiger partial charge in [0, 0.05) is 12.1 Å². The zero-order valence-electron chi connectivity index (χ0n) is 12.0. The van der Waals surface area contributed by atoms with Crippen LogP contribution in [-0.2, 0) is 6.54 Å². The number of aryl methyl sites for hydroxylation is 2. The van der Waals surface area contributed by atoms with Crippen LogP contribution in [0.2, 0.25) is 5.02 Å². The number of nitrogens with two attached hydrogens (primary N) is 1. The Morgan fingerprint density at radius 2 is 2.00 bits per heavy atom. The van der Waals surface area contributed by atoms with Crippen molar-refractivity contribution < 1.29 is 5.21 Å². The van der Waals surface area contributed by atoms with Gasteiger partial charge in [-0.1, -0.05) is 35.0 Å². The van der Waals surface area contributed by atoms with E-state index in [0.717, 1.165) is 22.4 Å². The number of nitrogens with zero attached hydrogens (tertiary/aromatic N) is 1. The molecule has 21 heavy (non-hydrogen) atoms. The number of hydrogen-bond donors (Lipinski definition) is 3. The second-order valence-electron chi connectivity index (χ2n) is 4.96. The fourth-order valence-corrected chi connectivity index (χ4v) is 2.26. The lowest BCUT2D eigenvalue weighted by Crippen LogP contribution is -2.13. The van der Waals surface area contributed by atoms with Crippen LogP contribution in [0.1, 0.15) is 22.3 Å². The second kappa shape index (κ2) is 6.50. The molecule has 0 fully saturated rings. The maximum absolute atomic E-state index is 8.69. The van der Waals surface area contributed by atoms with Crippen LogP contribution in [-0.4, -0.2) is 11.0 Å². The SMILES string of the molecule is Cc1ccc(Cl)c(NCc2ccc(/C(N)=N/O)cc2C)c1. The Kier molecular flexibility index (Phi) is 4.70. The first-order valence-electron chi connectivity index (χ1n) is 6.58. The smallest absolute Gasteiger partial charge is 0.170 e. The number of halogens is 1. The maximum atomic E-state index is 8.69. The molecule has 0 unspecified atom stereocenters. The third kappa shape index (κ3) is 3.67. The Balaban J connectivity index is 2.15. The lowest BCUT2D eigenvalue weighted by atomic mass is 10.0. The van der Waals surface area contributed by atoms with Crippen molar-refractivity contribution in [1.29, 1.82) is 0 Å². The molecule has 0 saturated carbocycles. The predicted molar refractivity (Wildman–Crippen MR) is 87.2 cm³/mol. The molecule has 0 aliphatic rings. The van der Waals surface area contributed by atoms with Gasteiger partial charge >= 0.3 is 0 Å². The summed E-state index contributed by atoms with van der Waals surface area (Å²) in [5, 5.41) is 15.7. The fourth-order valence-electron chi connectivity index (χ4n) is 2.08. The molecule has 0 aliphatic heterocycles. The van der Waals surface area contributed by atoms with Gasteiger partial charge in [0.2, 0.25) is 0 Å². The summed E-state index contributed by atoms with van der Waals surface area (Å²) in [5.74, 6) is 0.110. The van der Waals surface area contributed by atoms with Crippen molar-refractivity contribution >= 4 is 23.1 Å². The molecule has 110 valence electrons. The molecule has 0 heterocycles. The third-order valence-corrected chi connectivity index (χ3v) is 3.67. The Bertz CT molecular complexity index is 683. The third-order valence-electron chi connectivity index (χ3n) is 3.34. The van der Waals surface area contributed by atoms with E-state index in [2.05, 4.69) is 10.5 Å². The molecule has 4 N–H and O–H groups in total. The average molecular weight is 304 g/mol. The number of benzene rings is 2. The van der Waals surface area contributed by atoms with E-state index in [9.17, 15) is 0 Å². The number of rotatable bonds is 4. The number of hydrogen-bond acceptors (Lipinski definition) is 3. The topological polar surface area (TPSA) is 70.6 Å². The first-order chi connectivity index (χ1) is 10.0. The van der Waals surface area contributed by atoms with E-state index in [0.29, 0.717) is 17.1 Å². The molecule has 0 aromatic heterocycles. The molecule has 0 saturated heterocycles. The van der Waals surface area contributed by atoms with E-state index in [1.54, 1.807) is 0 Å². The minimum atomic E-state index is 0.110. The van der Waals surface area contributed by atoms with Crippen molar-refractivity contribution in [3.05, 3.63) is 63.7 Å². The van der Waals surface area contributed by atoms with E-state index >= 15 is 0 Å². The van der Waals surface area contributed by atoms with Gasteiger partial charge < -0.3 is 16.3 Å². The van der Waals surface area contributed by atoms with Gasteiger partial charge in [-0.2, -0.15) is 0 Å². The summed E-state index contributed by atoms with van der Waals surface area (Å²) in [6.45, 7) is 4.67. The van der Waals surface area contributed by atoms with Gasteiger partial charge in [-0.3, -0.25) is 0 Å². The van der Waals surface area contributed by atoms with Crippen molar-refractivity contribution in [1.82, 2.24) is 0 Å². The van der Waals surface area contributed by atoms with Gasteiger partial charge in [0.1, 0.15) is 0 Å². The first-order valence-corrected chi connectivity index (χ1v) is 6.96. The van der Waals surface area contributed by atoms with Crippen LogP contribution < -0.4 is 11.1 Å². The van der Waals surface area contributed by atoms with Crippen molar-refractivity contribution in [2.45, 2.75) is 20.4 Å². The van der Waals surface area contributed by atoms with E-state index in [1.165, 1.54) is 0 Å². The Labute approximate surface area is 129 Å². The van der Waals surface area contributed by atoms with Gasteiger partial charge in [0.15, 0.2) is 5.84 Å². The molecular formula is C16H18ClN3O. The second-order valence-corrected chi connectivity index (χ2v) is 5.37. The van der Waals surface area contributed by atoms with Crippen LogP contribution in [0.15, 0.2) is 41.6 Å². The Hall–Kier alpha value is -2.20. The largest absolute Gasteiger partial charge is 0.409 e. The van der Waals surface area contributed by atoms with E-state index < -0.39 is 0 Å². The number of oxime groups is 1. The molecule has 5 heteroatoms. The molecule has 0 spiro atoms. The Morgan fingerprint density at radius 1 is 1.24 bits per heavy atom. The molecule has 2 aromatic rings. The number of nitrogens with one attached hydrogen (secondary N) is 1. The van der Waals surface area contributed by atoms with E-state index in [-0.39, 0.29) is 5.84 Å². The van der Waals surface area contributed by atoms with Gasteiger partial charge in [0.25, 0.3) is 0 Å². The highest BCUT2D eigenvalue weighted by Crippen LogP contribution is 2.23. The highest BCUT2D eigenvalue weighted by molar-refractivity contribution is 6.33. The first kappa shape index (κ1) is 15.2. The standard InChI is InChI=1S/C16H18ClN3O/c1-10-3-6-14(17)15(7-10)19-9-13-5-4-12(8-11(13)2)16(18)20-21/h3-8,19,21H,9H2,1-2H3,(H2,18,20). The summed E-state index contributed by atoms with van der Waals surface area (Å²) >= 11 is 6.17. The van der Waals surface area contributed by atoms with Gasteiger partial charge in [-0.25, -0.2) is 0 Å². The summed E-state index contributed by atoms with van der Waals surface area (Å²) < 4.78 is 0. The molecule has 0 bridgehead atoms. The molecular weight excluding hydrogens is 286 g/mol. The molecule has 2 rings (SSSR count). The van der Waals surface area contributed by atoms with Gasteiger partial charge in [0.05, 0.1) is 10.7 Å². The lowest BCUT2D eigenvalue weighted by molar-refractivity contribution is 0.318. The quantitative estimate of drug-likeness (QED) is 0.349. The van der Waals surface area contributed by atoms with E-state index in [4.69, 9.17) is 22.5 Å². The van der Waals surface area contributed by atoms with Gasteiger partial charge in [-0.05, 0) is 48.7 Å². The zero-order valence-corrected chi connectivity index (χ0v) is 12.8. The summed E-state index contributed by atoms with van der Waals surface area (Å²) in [7, 11) is 0. The van der Waals surface area contributed by atoms with Crippen molar-refractivity contribution in [3.63, 3.8) is 0 Å². The molecule has 0 amide bonds. The van der Waals surface area contributed by atoms with Crippen LogP contribution in [0.4, 0.5) is 5.69 Å². The normalized spacial score (nSPS) is 11.5. The minimum Gasteiger partial charge on any atom is -0.409 e. The number of anilines is 1. The highest BCUT2D eigenvalue weighted by atomic mass is 35.5. The summed E-state index contributed by atoms with van der Waals surface area (Å²) in [5.41, 5.74) is 10.5. The predicted octanol–water partition coefficient (Wildman–Crippen LogP) is 3.66. The van der Waals surface area contributed by atoms with Crippen LogP contribution in [0.3, 0.4) is 0 Å². The lowest BCUT2D eigenvalue weighted by Gasteiger charge is -2.12. The number of amidine groups is 1. The molecule has 0 radical (unpaired) electrons. The monoisotopic (exact) mass is 303 g/mol. The molecule has 2 aromatic carbocycles. The zero-order chi connectivity index (χ0) is 15.4. The molecule has 4 nitrogen and oxygen atoms in total. The van der Waals surface area contributed by atoms with Crippen LogP contribution in [0.5, 0.6) is 0 Å². The average Bonchev–Trinajstić information content (AvgIpc) is 2.48. The van der Waals surface area contributed by atoms with Gasteiger partial charge in [-0.15, -0.1) is 0 Å². The minimum absolute atomic E-state index is 0.110. The van der Waals surface area contributed by atoms with E-state index in [1.807, 2.05) is 50.2 Å². The van der Waals surface area contributed by atoms with Crippen LogP contribution in [0, 0.1) is 13.8 Å². The summed E-state index contributed by atoms with van der Waals surface area (Å²) in [6, 6.07) is 11.6. The molecule has 0 aliphatic carbocycles. The summed E-state index contributed by atoms with van der Waals surface area (Å²) in [4.78, 5) is 0. The van der Waals surface area contributed by atoms with Crippen molar-refractivity contribution in [2.75, 3.05) is 5.32 Å².